The molecule has 134 valence electrons. The third-order valence-corrected chi connectivity index (χ3v) is 3.06. The summed E-state index contributed by atoms with van der Waals surface area (Å²) < 4.78 is 36.9. The van der Waals surface area contributed by atoms with Crippen LogP contribution in [-0.2, 0) is 16.1 Å². The molecule has 6 nitrogen and oxygen atoms in total. The van der Waals surface area contributed by atoms with Gasteiger partial charge < -0.3 is 14.8 Å². The van der Waals surface area contributed by atoms with Crippen molar-refractivity contribution in [2.45, 2.75) is 27.4 Å². The first-order valence-corrected chi connectivity index (χ1v) is 7.56. The Bertz CT molecular complexity index is 731. The first-order valence-electron chi connectivity index (χ1n) is 7.56. The molecular formula is C17H19F2N3O3. The van der Waals surface area contributed by atoms with Crippen LogP contribution in [0.3, 0.4) is 0 Å². The molecule has 1 aromatic carbocycles. The van der Waals surface area contributed by atoms with Gasteiger partial charge in [0.25, 0.3) is 0 Å². The van der Waals surface area contributed by atoms with Crippen LogP contribution in [0.5, 0.6) is 6.01 Å². The van der Waals surface area contributed by atoms with Crippen LogP contribution in [0.2, 0.25) is 0 Å². The van der Waals surface area contributed by atoms with Gasteiger partial charge >= 0.3 is 12.0 Å². The first-order chi connectivity index (χ1) is 11.8. The number of ether oxygens (including phenoxy) is 2. The number of carbonyl (C=O) groups excluding carboxylic acids is 1. The van der Waals surface area contributed by atoms with Gasteiger partial charge in [-0.1, -0.05) is 12.1 Å². The van der Waals surface area contributed by atoms with Crippen LogP contribution < -0.4 is 10.1 Å². The summed E-state index contributed by atoms with van der Waals surface area (Å²) in [5.41, 5.74) is 0.0536. The Morgan fingerprint density at radius 2 is 1.88 bits per heavy atom. The highest BCUT2D eigenvalue weighted by Crippen LogP contribution is 2.17. The van der Waals surface area contributed by atoms with E-state index in [0.717, 1.165) is 6.20 Å². The number of esters is 1. The number of hydrogen-bond donors (Lipinski definition) is 1. The van der Waals surface area contributed by atoms with E-state index in [9.17, 15) is 13.6 Å². The molecule has 1 heterocycles. The maximum absolute atomic E-state index is 13.7. The molecule has 2 aromatic rings. The molecule has 0 saturated heterocycles. The van der Waals surface area contributed by atoms with Gasteiger partial charge in [0.05, 0.1) is 11.6 Å². The minimum absolute atomic E-state index is 0.0598. The number of hydrogen-bond acceptors (Lipinski definition) is 6. The number of nitrogens with one attached hydrogen (secondary N) is 1. The standard InChI is InChI=1S/C17H19F2N3O3/c1-17(2,3)15(23)25-10-21-14-13(19)8-20-16(22-14)24-9-11-4-6-12(18)7-5-11/h4-8H,9-10H2,1-3H3,(H,20,21,22). The Morgan fingerprint density at radius 3 is 2.52 bits per heavy atom. The highest BCUT2D eigenvalue weighted by atomic mass is 19.1. The predicted octanol–water partition coefficient (Wildman–Crippen LogP) is 3.29. The number of anilines is 1. The zero-order valence-electron chi connectivity index (χ0n) is 14.2. The molecule has 0 radical (unpaired) electrons. The van der Waals surface area contributed by atoms with Crippen LogP contribution in [0.25, 0.3) is 0 Å². The lowest BCUT2D eigenvalue weighted by molar-refractivity contribution is -0.152. The fourth-order valence-electron chi connectivity index (χ4n) is 1.66. The van der Waals surface area contributed by atoms with E-state index in [0.29, 0.717) is 5.56 Å². The second-order valence-electron chi connectivity index (χ2n) is 6.27. The van der Waals surface area contributed by atoms with E-state index in [4.69, 9.17) is 9.47 Å². The van der Waals surface area contributed by atoms with Gasteiger partial charge in [-0.05, 0) is 38.5 Å². The predicted molar refractivity (Wildman–Crippen MR) is 86.8 cm³/mol. The van der Waals surface area contributed by atoms with Crippen molar-refractivity contribution in [2.24, 2.45) is 5.41 Å². The van der Waals surface area contributed by atoms with Crippen LogP contribution in [0.4, 0.5) is 14.6 Å². The summed E-state index contributed by atoms with van der Waals surface area (Å²) in [6, 6.07) is 5.67. The molecule has 0 aliphatic heterocycles. The maximum atomic E-state index is 13.7. The Morgan fingerprint density at radius 1 is 1.20 bits per heavy atom. The summed E-state index contributed by atoms with van der Waals surface area (Å²) in [5, 5.41) is 2.56. The summed E-state index contributed by atoms with van der Waals surface area (Å²) in [4.78, 5) is 19.3. The van der Waals surface area contributed by atoms with E-state index < -0.39 is 17.2 Å². The molecule has 0 aliphatic rings. The number of benzene rings is 1. The van der Waals surface area contributed by atoms with Crippen molar-refractivity contribution < 1.29 is 23.0 Å². The molecular weight excluding hydrogens is 332 g/mol. The van der Waals surface area contributed by atoms with E-state index in [1.54, 1.807) is 32.9 Å². The largest absolute Gasteiger partial charge is 0.459 e. The SMILES string of the molecule is CC(C)(C)C(=O)OCNc1nc(OCc2ccc(F)cc2)ncc1F. The molecule has 8 heteroatoms. The molecule has 1 N–H and O–H groups in total. The molecule has 2 rings (SSSR count). The molecule has 0 amide bonds. The van der Waals surface area contributed by atoms with Gasteiger partial charge in [0.2, 0.25) is 0 Å². The zero-order valence-corrected chi connectivity index (χ0v) is 14.2. The van der Waals surface area contributed by atoms with E-state index >= 15 is 0 Å². The molecule has 0 spiro atoms. The van der Waals surface area contributed by atoms with E-state index in [-0.39, 0.29) is 31.0 Å². The van der Waals surface area contributed by atoms with Crippen molar-refractivity contribution in [1.82, 2.24) is 9.97 Å². The number of aromatic nitrogens is 2. The quantitative estimate of drug-likeness (QED) is 0.636. The average Bonchev–Trinajstić information content (AvgIpc) is 2.55. The van der Waals surface area contributed by atoms with Crippen LogP contribution >= 0.6 is 0 Å². The first kappa shape index (κ1) is 18.6. The summed E-state index contributed by atoms with van der Waals surface area (Å²) in [6.45, 7) is 5.00. The molecule has 0 bridgehead atoms. The average molecular weight is 351 g/mol. The Kier molecular flexibility index (Phi) is 5.84. The van der Waals surface area contributed by atoms with Crippen molar-refractivity contribution in [2.75, 3.05) is 12.0 Å². The van der Waals surface area contributed by atoms with Gasteiger partial charge in [-0.15, -0.1) is 0 Å². The highest BCUT2D eigenvalue weighted by Gasteiger charge is 2.23. The number of halogens is 2. The smallest absolute Gasteiger partial charge is 0.318 e. The third kappa shape index (κ3) is 5.66. The summed E-state index contributed by atoms with van der Waals surface area (Å²) >= 11 is 0. The molecule has 0 saturated carbocycles. The van der Waals surface area contributed by atoms with Gasteiger partial charge in [0.15, 0.2) is 18.4 Å². The van der Waals surface area contributed by atoms with Crippen LogP contribution in [0, 0.1) is 17.0 Å². The van der Waals surface area contributed by atoms with Crippen molar-refractivity contribution in [1.29, 1.82) is 0 Å². The number of nitrogens with zero attached hydrogens (tertiary/aromatic N) is 2. The van der Waals surface area contributed by atoms with Crippen molar-refractivity contribution >= 4 is 11.8 Å². The highest BCUT2D eigenvalue weighted by molar-refractivity contribution is 5.75. The molecule has 1 aromatic heterocycles. The fraction of sp³-hybridized carbons (Fsp3) is 0.353. The Labute approximate surface area is 144 Å². The maximum Gasteiger partial charge on any atom is 0.318 e. The van der Waals surface area contributed by atoms with Gasteiger partial charge in [-0.2, -0.15) is 4.98 Å². The molecule has 0 unspecified atom stereocenters. The van der Waals surface area contributed by atoms with Gasteiger partial charge in [0.1, 0.15) is 12.4 Å². The van der Waals surface area contributed by atoms with Gasteiger partial charge in [-0.3, -0.25) is 4.79 Å². The van der Waals surface area contributed by atoms with Crippen molar-refractivity contribution in [3.8, 4) is 6.01 Å². The molecule has 0 fully saturated rings. The molecule has 0 atom stereocenters. The zero-order chi connectivity index (χ0) is 18.4. The monoisotopic (exact) mass is 351 g/mol. The topological polar surface area (TPSA) is 73.3 Å². The Balaban J connectivity index is 1.93. The lowest BCUT2D eigenvalue weighted by atomic mass is 9.98. The summed E-state index contributed by atoms with van der Waals surface area (Å²) in [6.07, 6.45) is 0.945. The van der Waals surface area contributed by atoms with Crippen molar-refractivity contribution in [3.63, 3.8) is 0 Å². The van der Waals surface area contributed by atoms with Gasteiger partial charge in [0, 0.05) is 0 Å². The number of rotatable bonds is 6. The lowest BCUT2D eigenvalue weighted by Gasteiger charge is -2.17. The van der Waals surface area contributed by atoms with E-state index in [1.807, 2.05) is 0 Å². The Hall–Kier alpha value is -2.77. The minimum Gasteiger partial charge on any atom is -0.459 e. The molecule has 0 aliphatic carbocycles. The number of carbonyl (C=O) groups is 1. The second kappa shape index (κ2) is 7.87. The summed E-state index contributed by atoms with van der Waals surface area (Å²) in [5.74, 6) is -1.63. The van der Waals surface area contributed by atoms with Crippen LogP contribution in [0.1, 0.15) is 26.3 Å². The minimum atomic E-state index is -0.707. The van der Waals surface area contributed by atoms with Crippen LogP contribution in [0.15, 0.2) is 30.5 Å². The summed E-state index contributed by atoms with van der Waals surface area (Å²) in [7, 11) is 0. The van der Waals surface area contributed by atoms with E-state index in [1.165, 1.54) is 12.1 Å². The normalized spacial score (nSPS) is 11.1. The lowest BCUT2D eigenvalue weighted by Crippen LogP contribution is -2.25. The third-order valence-electron chi connectivity index (χ3n) is 3.06. The van der Waals surface area contributed by atoms with Gasteiger partial charge in [-0.25, -0.2) is 13.8 Å². The van der Waals surface area contributed by atoms with Crippen LogP contribution in [-0.4, -0.2) is 22.7 Å². The van der Waals surface area contributed by atoms with Crippen molar-refractivity contribution in [3.05, 3.63) is 47.7 Å². The van der Waals surface area contributed by atoms with E-state index in [2.05, 4.69) is 15.3 Å². The second-order valence-corrected chi connectivity index (χ2v) is 6.27. The molecule has 25 heavy (non-hydrogen) atoms. The fourth-order valence-corrected chi connectivity index (χ4v) is 1.66.